The topological polar surface area (TPSA) is 64.6 Å². The van der Waals surface area contributed by atoms with E-state index in [1.165, 1.54) is 6.20 Å². The van der Waals surface area contributed by atoms with Crippen LogP contribution in [0, 0.1) is 11.2 Å². The number of aryl methyl sites for hydroxylation is 1. The molecule has 0 bridgehead atoms. The fraction of sp³-hybridized carbons (Fsp3) is 0.500. The maximum atomic E-state index is 14.8. The summed E-state index contributed by atoms with van der Waals surface area (Å²) in [5.74, 6) is 1.23. The van der Waals surface area contributed by atoms with E-state index in [0.29, 0.717) is 37.2 Å². The first-order valence-electron chi connectivity index (χ1n) is 12.1. The molecule has 3 heterocycles. The van der Waals surface area contributed by atoms with Crippen molar-refractivity contribution in [3.05, 3.63) is 47.4 Å². The Labute approximate surface area is 214 Å². The van der Waals surface area contributed by atoms with Crippen molar-refractivity contribution >= 4 is 40.0 Å². The fourth-order valence-electron chi connectivity index (χ4n) is 4.78. The minimum absolute atomic E-state index is 0.112. The molecule has 35 heavy (non-hydrogen) atoms. The molecule has 9 heteroatoms. The molecule has 0 radical (unpaired) electrons. The second kappa shape index (κ2) is 12.1. The van der Waals surface area contributed by atoms with Crippen LogP contribution in [0.25, 0.3) is 10.9 Å². The predicted molar refractivity (Wildman–Crippen MR) is 139 cm³/mol. The molecule has 6 nitrogen and oxygen atoms in total. The van der Waals surface area contributed by atoms with E-state index in [4.69, 9.17) is 9.47 Å². The number of halogens is 1. The van der Waals surface area contributed by atoms with Crippen molar-refractivity contribution in [3.8, 4) is 5.75 Å². The van der Waals surface area contributed by atoms with Gasteiger partial charge in [0.05, 0.1) is 30.8 Å². The third-order valence-corrected chi connectivity index (χ3v) is 8.73. The number of pyridine rings is 1. The second-order valence-electron chi connectivity index (χ2n) is 8.81. The smallest absolute Gasteiger partial charge is 0.312 e. The van der Waals surface area contributed by atoms with E-state index in [0.717, 1.165) is 53.5 Å². The Hall–Kier alpha value is -2.23. The minimum Gasteiger partial charge on any atom is -0.497 e. The number of methoxy groups -OCH3 is 1. The van der Waals surface area contributed by atoms with Crippen LogP contribution in [0.4, 0.5) is 4.39 Å². The van der Waals surface area contributed by atoms with Gasteiger partial charge in [0.2, 0.25) is 0 Å². The second-order valence-corrected chi connectivity index (χ2v) is 11.0. The van der Waals surface area contributed by atoms with Crippen LogP contribution in [0.3, 0.4) is 0 Å². The number of fused-ring (bicyclic) bond motifs is 1. The van der Waals surface area contributed by atoms with E-state index in [1.807, 2.05) is 36.7 Å². The lowest BCUT2D eigenvalue weighted by molar-refractivity contribution is -0.159. The van der Waals surface area contributed by atoms with Crippen LogP contribution in [0.5, 0.6) is 5.75 Å². The predicted octanol–water partition coefficient (Wildman–Crippen LogP) is 5.60. The first-order valence-corrected chi connectivity index (χ1v) is 13.9. The molecule has 3 aromatic rings. The van der Waals surface area contributed by atoms with Crippen LogP contribution in [0.15, 0.2) is 40.3 Å². The minimum atomic E-state index is -0.508. The molecule has 188 valence electrons. The van der Waals surface area contributed by atoms with Crippen molar-refractivity contribution in [2.45, 2.75) is 43.4 Å². The van der Waals surface area contributed by atoms with E-state index in [2.05, 4.69) is 14.9 Å². The Morgan fingerprint density at radius 2 is 2.11 bits per heavy atom. The monoisotopic (exact) mass is 517 g/mol. The Balaban J connectivity index is 1.39. The van der Waals surface area contributed by atoms with Crippen LogP contribution in [0.1, 0.15) is 38.2 Å². The molecule has 1 fully saturated rings. The number of nitrogens with zero attached hydrogens (tertiary/aromatic N) is 3. The Kier molecular flexibility index (Phi) is 8.97. The number of aromatic nitrogens is 2. The average Bonchev–Trinajstić information content (AvgIpc) is 3.40. The average molecular weight is 518 g/mol. The van der Waals surface area contributed by atoms with E-state index in [9.17, 15) is 9.18 Å². The molecule has 0 spiro atoms. The molecule has 0 N–H and O–H groups in total. The summed E-state index contributed by atoms with van der Waals surface area (Å²) in [7, 11) is 1.60. The summed E-state index contributed by atoms with van der Waals surface area (Å²) < 4.78 is 26.7. The molecule has 0 unspecified atom stereocenters. The summed E-state index contributed by atoms with van der Waals surface area (Å²) in [6.45, 7) is 4.92. The molecule has 0 amide bonds. The number of thioether (sulfide) groups is 1. The van der Waals surface area contributed by atoms with Gasteiger partial charge in [0, 0.05) is 29.3 Å². The molecule has 1 aliphatic rings. The number of hydrogen-bond donors (Lipinski definition) is 0. The molecule has 1 aromatic carbocycles. The van der Waals surface area contributed by atoms with Crippen molar-refractivity contribution in [2.24, 2.45) is 5.41 Å². The zero-order chi connectivity index (χ0) is 24.7. The molecule has 4 rings (SSSR count). The van der Waals surface area contributed by atoms with Crippen LogP contribution >= 0.6 is 23.1 Å². The maximum Gasteiger partial charge on any atom is 0.312 e. The number of piperidine rings is 1. The van der Waals surface area contributed by atoms with Crippen LogP contribution in [0.2, 0.25) is 0 Å². The van der Waals surface area contributed by atoms with Gasteiger partial charge in [-0.1, -0.05) is 11.8 Å². The lowest BCUT2D eigenvalue weighted by atomic mass is 9.74. The lowest BCUT2D eigenvalue weighted by Gasteiger charge is -2.40. The van der Waals surface area contributed by atoms with Gasteiger partial charge in [0.1, 0.15) is 15.9 Å². The summed E-state index contributed by atoms with van der Waals surface area (Å²) in [5.41, 5.74) is 0.863. The van der Waals surface area contributed by atoms with Gasteiger partial charge in [-0.3, -0.25) is 9.78 Å². The molecule has 0 atom stereocenters. The Morgan fingerprint density at radius 3 is 2.83 bits per heavy atom. The molecule has 2 aromatic heterocycles. The van der Waals surface area contributed by atoms with Crippen molar-refractivity contribution in [1.82, 2.24) is 14.9 Å². The Morgan fingerprint density at radius 1 is 1.29 bits per heavy atom. The number of carbonyl (C=O) groups is 1. The van der Waals surface area contributed by atoms with Crippen LogP contribution in [-0.4, -0.2) is 59.9 Å². The summed E-state index contributed by atoms with van der Waals surface area (Å²) >= 11 is 3.44. The van der Waals surface area contributed by atoms with Gasteiger partial charge < -0.3 is 14.4 Å². The zero-order valence-electron chi connectivity index (χ0n) is 20.3. The zero-order valence-corrected chi connectivity index (χ0v) is 21.9. The molecule has 0 saturated carbocycles. The van der Waals surface area contributed by atoms with Gasteiger partial charge >= 0.3 is 5.97 Å². The van der Waals surface area contributed by atoms with Gasteiger partial charge in [-0.25, -0.2) is 9.37 Å². The highest BCUT2D eigenvalue weighted by molar-refractivity contribution is 8.01. The van der Waals surface area contributed by atoms with Crippen molar-refractivity contribution < 1.29 is 18.7 Å². The number of carbonyl (C=O) groups excluding carboxylic acids is 1. The van der Waals surface area contributed by atoms with Crippen molar-refractivity contribution in [2.75, 3.05) is 39.1 Å². The first kappa shape index (κ1) is 25.9. The van der Waals surface area contributed by atoms with Crippen molar-refractivity contribution in [3.63, 3.8) is 0 Å². The third kappa shape index (κ3) is 6.32. The first-order chi connectivity index (χ1) is 17.0. The fourth-order valence-corrected chi connectivity index (χ4v) is 6.48. The largest absolute Gasteiger partial charge is 0.497 e. The SMILES string of the molecule is CCOC(=O)C1(CCCc2c(F)cnc3ccc(OC)cc23)CCN(CCSc2nccs2)CC1. The van der Waals surface area contributed by atoms with Gasteiger partial charge in [0.25, 0.3) is 0 Å². The highest BCUT2D eigenvalue weighted by Gasteiger charge is 2.42. The van der Waals surface area contributed by atoms with E-state index in [1.54, 1.807) is 30.2 Å². The quantitative estimate of drug-likeness (QED) is 0.242. The summed E-state index contributed by atoms with van der Waals surface area (Å²) in [4.78, 5) is 24.0. The summed E-state index contributed by atoms with van der Waals surface area (Å²) in [5, 5.41) is 2.76. The molecule has 0 aliphatic carbocycles. The lowest BCUT2D eigenvalue weighted by Crippen LogP contribution is -2.45. The number of benzene rings is 1. The van der Waals surface area contributed by atoms with E-state index >= 15 is 0 Å². The highest BCUT2D eigenvalue weighted by atomic mass is 32.2. The van der Waals surface area contributed by atoms with Gasteiger partial charge in [0.15, 0.2) is 0 Å². The number of likely N-dealkylation sites (tertiary alicyclic amines) is 1. The molecular weight excluding hydrogens is 485 g/mol. The number of esters is 1. The normalized spacial score (nSPS) is 15.9. The van der Waals surface area contributed by atoms with Crippen LogP contribution < -0.4 is 4.74 Å². The summed E-state index contributed by atoms with van der Waals surface area (Å²) in [6.07, 6.45) is 6.56. The number of thiazole rings is 1. The molecule has 1 aliphatic heterocycles. The van der Waals surface area contributed by atoms with Crippen molar-refractivity contribution in [1.29, 1.82) is 0 Å². The number of ether oxygens (including phenoxy) is 2. The molecule has 1 saturated heterocycles. The summed E-state index contributed by atoms with van der Waals surface area (Å²) in [6, 6.07) is 5.51. The Bertz CT molecular complexity index is 1120. The van der Waals surface area contributed by atoms with Gasteiger partial charge in [-0.05, 0) is 75.9 Å². The maximum absolute atomic E-state index is 14.8. The highest BCUT2D eigenvalue weighted by Crippen LogP contribution is 2.39. The molecular formula is C26H32FN3O3S2. The number of rotatable bonds is 11. The van der Waals surface area contributed by atoms with E-state index in [-0.39, 0.29) is 11.8 Å². The van der Waals surface area contributed by atoms with Gasteiger partial charge in [-0.15, -0.1) is 11.3 Å². The number of hydrogen-bond acceptors (Lipinski definition) is 8. The van der Waals surface area contributed by atoms with Crippen LogP contribution in [-0.2, 0) is 16.0 Å². The van der Waals surface area contributed by atoms with Gasteiger partial charge in [-0.2, -0.15) is 0 Å². The standard InChI is InChI=1S/C26H32FN3O3S2/c1-3-33-24(31)26(9-12-30(13-10-26)14-16-35-25-28-11-15-34-25)8-4-5-20-21-17-19(32-2)6-7-23(21)29-18-22(20)27/h6-7,11,15,17-18H,3-5,8-10,12-14,16H2,1-2H3. The van der Waals surface area contributed by atoms with E-state index < -0.39 is 5.41 Å². The third-order valence-electron chi connectivity index (χ3n) is 6.78.